The van der Waals surface area contributed by atoms with E-state index in [2.05, 4.69) is 10.6 Å². The molecule has 0 heterocycles. The van der Waals surface area contributed by atoms with Crippen molar-refractivity contribution in [1.29, 1.82) is 5.26 Å². The summed E-state index contributed by atoms with van der Waals surface area (Å²) in [4.78, 5) is 24.1. The highest BCUT2D eigenvalue weighted by molar-refractivity contribution is 6.29. The van der Waals surface area contributed by atoms with Gasteiger partial charge in [-0.05, 0) is 54.3 Å². The summed E-state index contributed by atoms with van der Waals surface area (Å²) in [6.45, 7) is 0. The number of nitrogens with zero attached hydrogens (tertiary/aromatic N) is 1. The van der Waals surface area contributed by atoms with Gasteiger partial charge in [-0.15, -0.1) is 11.6 Å². The first kappa shape index (κ1) is 20.7. The first-order chi connectivity index (χ1) is 13.7. The Bertz CT molecular complexity index is 1020. The summed E-state index contributed by atoms with van der Waals surface area (Å²) >= 11 is 5.38. The van der Waals surface area contributed by atoms with Crippen molar-refractivity contribution < 1.29 is 22.8 Å². The number of carbonyl (C=O) groups excluding carboxylic acids is 2. The van der Waals surface area contributed by atoms with Crippen LogP contribution < -0.4 is 10.6 Å². The van der Waals surface area contributed by atoms with E-state index in [0.29, 0.717) is 18.4 Å². The molecule has 2 N–H and O–H groups in total. The number of halogens is 4. The first-order valence-corrected chi connectivity index (χ1v) is 9.16. The monoisotopic (exact) mass is 421 g/mol. The molecule has 1 aliphatic carbocycles. The van der Waals surface area contributed by atoms with Crippen molar-refractivity contribution in [3.8, 4) is 6.07 Å². The van der Waals surface area contributed by atoms with Gasteiger partial charge in [-0.1, -0.05) is 6.07 Å². The first-order valence-electron chi connectivity index (χ1n) is 8.63. The molecule has 2 aromatic rings. The molecule has 2 amide bonds. The lowest BCUT2D eigenvalue weighted by Gasteiger charge is -2.16. The summed E-state index contributed by atoms with van der Waals surface area (Å²) in [6, 6.07) is 9.44. The van der Waals surface area contributed by atoms with Crippen LogP contribution in [0.2, 0.25) is 0 Å². The molecule has 0 aromatic heterocycles. The Balaban J connectivity index is 1.87. The van der Waals surface area contributed by atoms with E-state index in [-0.39, 0.29) is 17.3 Å². The Labute approximate surface area is 169 Å². The van der Waals surface area contributed by atoms with Crippen LogP contribution in [0.15, 0.2) is 36.4 Å². The van der Waals surface area contributed by atoms with Gasteiger partial charge in [-0.2, -0.15) is 18.4 Å². The predicted molar refractivity (Wildman–Crippen MR) is 100 cm³/mol. The molecule has 1 unspecified atom stereocenters. The van der Waals surface area contributed by atoms with E-state index in [4.69, 9.17) is 16.9 Å². The van der Waals surface area contributed by atoms with E-state index in [1.807, 2.05) is 6.07 Å². The van der Waals surface area contributed by atoms with Gasteiger partial charge in [0.05, 0.1) is 23.2 Å². The molecule has 0 aliphatic heterocycles. The third kappa shape index (κ3) is 4.69. The highest BCUT2D eigenvalue weighted by atomic mass is 35.5. The number of benzene rings is 2. The second kappa shape index (κ2) is 8.13. The van der Waals surface area contributed by atoms with Crippen molar-refractivity contribution in [2.45, 2.75) is 25.1 Å². The number of nitrogens with one attached hydrogen (secondary N) is 2. The summed E-state index contributed by atoms with van der Waals surface area (Å²) in [5.41, 5.74) is 0.815. The van der Waals surface area contributed by atoms with Crippen LogP contribution in [0.25, 0.3) is 0 Å². The van der Waals surface area contributed by atoms with Gasteiger partial charge in [-0.25, -0.2) is 0 Å². The molecule has 0 radical (unpaired) electrons. The molecular formula is C20H15ClF3N3O2. The fourth-order valence-corrected chi connectivity index (χ4v) is 3.33. The van der Waals surface area contributed by atoms with E-state index in [1.165, 1.54) is 6.07 Å². The number of carbonyl (C=O) groups is 2. The van der Waals surface area contributed by atoms with Gasteiger partial charge in [-0.3, -0.25) is 9.59 Å². The average Bonchev–Trinajstić information content (AvgIpc) is 3.08. The summed E-state index contributed by atoms with van der Waals surface area (Å²) in [7, 11) is 0. The third-order valence-electron chi connectivity index (χ3n) is 4.58. The SMILES string of the molecule is N#Cc1ccc2c(c1)CCC2NC(=O)c1cc(NC(=O)CCl)cc(C(F)(F)F)c1. The van der Waals surface area contributed by atoms with Crippen LogP contribution in [0, 0.1) is 11.3 Å². The summed E-state index contributed by atoms with van der Waals surface area (Å²) in [6.07, 6.45) is -3.47. The summed E-state index contributed by atoms with van der Waals surface area (Å²) < 4.78 is 39.6. The number of alkyl halides is 4. The average molecular weight is 422 g/mol. The molecular weight excluding hydrogens is 407 g/mol. The van der Waals surface area contributed by atoms with Gasteiger partial charge in [0, 0.05) is 11.3 Å². The number of aryl methyl sites for hydroxylation is 1. The molecule has 3 rings (SSSR count). The predicted octanol–water partition coefficient (Wildman–Crippen LogP) is 4.17. The molecule has 0 bridgehead atoms. The van der Waals surface area contributed by atoms with Crippen LogP contribution in [-0.2, 0) is 17.4 Å². The molecule has 5 nitrogen and oxygen atoms in total. The zero-order valence-corrected chi connectivity index (χ0v) is 15.7. The minimum absolute atomic E-state index is 0.166. The molecule has 0 spiro atoms. The molecule has 0 fully saturated rings. The molecule has 1 aliphatic rings. The second-order valence-electron chi connectivity index (χ2n) is 6.57. The molecule has 150 valence electrons. The minimum Gasteiger partial charge on any atom is -0.345 e. The van der Waals surface area contributed by atoms with Crippen LogP contribution >= 0.6 is 11.6 Å². The highest BCUT2D eigenvalue weighted by Crippen LogP contribution is 2.34. The van der Waals surface area contributed by atoms with Gasteiger partial charge in [0.15, 0.2) is 0 Å². The maximum absolute atomic E-state index is 13.2. The topological polar surface area (TPSA) is 82.0 Å². The van der Waals surface area contributed by atoms with Crippen molar-refractivity contribution in [1.82, 2.24) is 5.32 Å². The molecule has 1 atom stereocenters. The smallest absolute Gasteiger partial charge is 0.345 e. The lowest BCUT2D eigenvalue weighted by Crippen LogP contribution is -2.27. The molecule has 0 saturated carbocycles. The maximum Gasteiger partial charge on any atom is 0.416 e. The lowest BCUT2D eigenvalue weighted by molar-refractivity contribution is -0.137. The Morgan fingerprint density at radius 1 is 1.21 bits per heavy atom. The van der Waals surface area contributed by atoms with Crippen LogP contribution in [-0.4, -0.2) is 17.7 Å². The van der Waals surface area contributed by atoms with Crippen LogP contribution in [0.4, 0.5) is 18.9 Å². The van der Waals surface area contributed by atoms with E-state index in [0.717, 1.165) is 23.3 Å². The summed E-state index contributed by atoms with van der Waals surface area (Å²) in [5, 5.41) is 14.0. The van der Waals surface area contributed by atoms with Gasteiger partial charge in [0.25, 0.3) is 5.91 Å². The lowest BCUT2D eigenvalue weighted by atomic mass is 10.0. The number of hydrogen-bond acceptors (Lipinski definition) is 3. The fraction of sp³-hybridized carbons (Fsp3) is 0.250. The van der Waals surface area contributed by atoms with Crippen LogP contribution in [0.1, 0.15) is 45.1 Å². The van der Waals surface area contributed by atoms with E-state index in [1.54, 1.807) is 18.2 Å². The van der Waals surface area contributed by atoms with Crippen molar-refractivity contribution in [3.05, 3.63) is 64.2 Å². The number of hydrogen-bond donors (Lipinski definition) is 2. The Kier molecular flexibility index (Phi) is 5.80. The molecule has 9 heteroatoms. The van der Waals surface area contributed by atoms with Gasteiger partial charge >= 0.3 is 6.18 Å². The normalized spacial score (nSPS) is 15.3. The van der Waals surface area contributed by atoms with Gasteiger partial charge in [0.2, 0.25) is 5.91 Å². The molecule has 29 heavy (non-hydrogen) atoms. The fourth-order valence-electron chi connectivity index (χ4n) is 3.27. The quantitative estimate of drug-likeness (QED) is 0.727. The zero-order chi connectivity index (χ0) is 21.2. The zero-order valence-electron chi connectivity index (χ0n) is 14.9. The summed E-state index contributed by atoms with van der Waals surface area (Å²) in [5.74, 6) is -1.81. The number of amides is 2. The van der Waals surface area contributed by atoms with Gasteiger partial charge in [0.1, 0.15) is 5.88 Å². The van der Waals surface area contributed by atoms with Crippen molar-refractivity contribution >= 4 is 29.1 Å². The molecule has 2 aromatic carbocycles. The van der Waals surface area contributed by atoms with Crippen LogP contribution in [0.5, 0.6) is 0 Å². The third-order valence-corrected chi connectivity index (χ3v) is 4.83. The van der Waals surface area contributed by atoms with E-state index >= 15 is 0 Å². The van der Waals surface area contributed by atoms with Crippen LogP contribution in [0.3, 0.4) is 0 Å². The van der Waals surface area contributed by atoms with Crippen molar-refractivity contribution in [2.75, 3.05) is 11.2 Å². The molecule has 0 saturated heterocycles. The second-order valence-corrected chi connectivity index (χ2v) is 6.84. The number of fused-ring (bicyclic) bond motifs is 1. The number of nitriles is 1. The Morgan fingerprint density at radius 2 is 1.97 bits per heavy atom. The number of rotatable bonds is 4. The maximum atomic E-state index is 13.2. The Morgan fingerprint density at radius 3 is 2.62 bits per heavy atom. The van der Waals surface area contributed by atoms with Crippen molar-refractivity contribution in [2.24, 2.45) is 0 Å². The van der Waals surface area contributed by atoms with Crippen molar-refractivity contribution in [3.63, 3.8) is 0 Å². The largest absolute Gasteiger partial charge is 0.416 e. The number of anilines is 1. The minimum atomic E-state index is -4.69. The Hall–Kier alpha value is -3.05. The van der Waals surface area contributed by atoms with Gasteiger partial charge < -0.3 is 10.6 Å². The highest BCUT2D eigenvalue weighted by Gasteiger charge is 2.32. The van der Waals surface area contributed by atoms with E-state index < -0.39 is 29.4 Å². The standard InChI is InChI=1S/C20H15ClF3N3O2/c21-9-18(28)26-15-7-13(6-14(8-15)20(22,23)24)19(29)27-17-4-2-12-5-11(10-25)1-3-16(12)17/h1,3,5-8,17H,2,4,9H2,(H,26,28)(H,27,29). The van der Waals surface area contributed by atoms with E-state index in [9.17, 15) is 22.8 Å².